The van der Waals surface area contributed by atoms with Crippen LogP contribution in [0.3, 0.4) is 0 Å². The minimum absolute atomic E-state index is 0.0363. The Bertz CT molecular complexity index is 789. The number of amides is 1. The number of nitrogens with one attached hydrogen (secondary N) is 1. The maximum absolute atomic E-state index is 12.2. The molecule has 4 nitrogen and oxygen atoms in total. The highest BCUT2D eigenvalue weighted by Crippen LogP contribution is 2.31. The molecule has 0 saturated carbocycles. The average molecular weight is 343 g/mol. The Morgan fingerprint density at radius 1 is 1.26 bits per heavy atom. The number of thiophene rings is 1. The molecule has 0 aliphatic rings. The Morgan fingerprint density at radius 2 is 2.09 bits per heavy atom. The van der Waals surface area contributed by atoms with Gasteiger partial charge in [-0.25, -0.2) is 9.97 Å². The van der Waals surface area contributed by atoms with Gasteiger partial charge in [0.1, 0.15) is 11.4 Å². The van der Waals surface area contributed by atoms with Gasteiger partial charge in [0.25, 0.3) is 0 Å². The Labute approximate surface area is 143 Å². The van der Waals surface area contributed by atoms with E-state index >= 15 is 0 Å². The number of fused-ring (bicyclic) bond motifs is 1. The predicted molar refractivity (Wildman–Crippen MR) is 95.9 cm³/mol. The van der Waals surface area contributed by atoms with E-state index in [0.29, 0.717) is 6.54 Å². The van der Waals surface area contributed by atoms with Gasteiger partial charge < -0.3 is 5.32 Å². The van der Waals surface area contributed by atoms with Crippen molar-refractivity contribution in [1.82, 2.24) is 15.3 Å². The zero-order chi connectivity index (χ0) is 16.1. The Balaban J connectivity index is 1.54. The van der Waals surface area contributed by atoms with Crippen molar-refractivity contribution in [3.8, 4) is 0 Å². The van der Waals surface area contributed by atoms with Gasteiger partial charge in [0.05, 0.1) is 15.5 Å². The van der Waals surface area contributed by atoms with E-state index in [-0.39, 0.29) is 11.2 Å². The largest absolute Gasteiger partial charge is 0.355 e. The molecule has 0 saturated heterocycles. The molecule has 3 aromatic rings. The van der Waals surface area contributed by atoms with Crippen LogP contribution in [0.15, 0.2) is 53.1 Å². The highest BCUT2D eigenvalue weighted by atomic mass is 32.2. The molecule has 6 heteroatoms. The van der Waals surface area contributed by atoms with Crippen LogP contribution in [0.1, 0.15) is 12.5 Å². The van der Waals surface area contributed by atoms with Crippen LogP contribution >= 0.6 is 23.1 Å². The molecule has 2 aromatic heterocycles. The number of carbonyl (C=O) groups excluding carboxylic acids is 1. The molecule has 0 bridgehead atoms. The van der Waals surface area contributed by atoms with Gasteiger partial charge in [0.2, 0.25) is 5.91 Å². The smallest absolute Gasteiger partial charge is 0.233 e. The van der Waals surface area contributed by atoms with Crippen LogP contribution in [0.4, 0.5) is 0 Å². The molecule has 0 aliphatic heterocycles. The molecule has 2 heterocycles. The van der Waals surface area contributed by atoms with Crippen molar-refractivity contribution >= 4 is 39.2 Å². The average Bonchev–Trinajstić information content (AvgIpc) is 3.05. The second-order valence-corrected chi connectivity index (χ2v) is 7.35. The van der Waals surface area contributed by atoms with Gasteiger partial charge in [-0.3, -0.25) is 4.79 Å². The summed E-state index contributed by atoms with van der Waals surface area (Å²) in [6, 6.07) is 12.1. The summed E-state index contributed by atoms with van der Waals surface area (Å²) >= 11 is 3.08. The number of benzene rings is 1. The fourth-order valence-corrected chi connectivity index (χ4v) is 4.05. The summed E-state index contributed by atoms with van der Waals surface area (Å²) in [5.41, 5.74) is 2.16. The lowest BCUT2D eigenvalue weighted by Crippen LogP contribution is -2.32. The quantitative estimate of drug-likeness (QED) is 0.549. The maximum atomic E-state index is 12.2. The first-order valence-electron chi connectivity index (χ1n) is 7.40. The molecule has 1 aromatic carbocycles. The first-order valence-corrected chi connectivity index (χ1v) is 9.16. The third-order valence-electron chi connectivity index (χ3n) is 3.42. The first kappa shape index (κ1) is 16.0. The van der Waals surface area contributed by atoms with E-state index in [1.165, 1.54) is 17.3 Å². The molecule has 118 valence electrons. The molecule has 1 N–H and O–H groups in total. The third-order valence-corrected chi connectivity index (χ3v) is 5.56. The lowest BCUT2D eigenvalue weighted by Gasteiger charge is -2.11. The minimum Gasteiger partial charge on any atom is -0.355 e. The van der Waals surface area contributed by atoms with Crippen LogP contribution in [0.5, 0.6) is 0 Å². The molecular formula is C17H17N3OS2. The second-order valence-electron chi connectivity index (χ2n) is 5.10. The number of carbonyl (C=O) groups is 1. The predicted octanol–water partition coefficient (Wildman–Crippen LogP) is 3.53. The van der Waals surface area contributed by atoms with E-state index < -0.39 is 0 Å². The van der Waals surface area contributed by atoms with Crippen LogP contribution in [-0.4, -0.2) is 27.7 Å². The van der Waals surface area contributed by atoms with Crippen LogP contribution < -0.4 is 5.32 Å². The summed E-state index contributed by atoms with van der Waals surface area (Å²) in [7, 11) is 0. The Kier molecular flexibility index (Phi) is 5.25. The van der Waals surface area contributed by atoms with Crippen LogP contribution in [0, 0.1) is 0 Å². The van der Waals surface area contributed by atoms with Crippen molar-refractivity contribution in [3.05, 3.63) is 53.7 Å². The summed E-state index contributed by atoms with van der Waals surface area (Å²) in [6.45, 7) is 2.55. The van der Waals surface area contributed by atoms with Gasteiger partial charge in [0.15, 0.2) is 0 Å². The van der Waals surface area contributed by atoms with Crippen LogP contribution in [0.25, 0.3) is 10.2 Å². The van der Waals surface area contributed by atoms with E-state index in [1.807, 2.05) is 36.6 Å². The van der Waals surface area contributed by atoms with Crippen molar-refractivity contribution in [2.45, 2.75) is 23.6 Å². The standard InChI is InChI=1S/C17H17N3OS2/c1-12(16(21)18-9-7-13-5-3-2-4-6-13)23-17-15-14(8-10-22-15)19-11-20-17/h2-6,8,10-12H,7,9H2,1H3,(H,18,21). The molecule has 0 radical (unpaired) electrons. The number of hydrogen-bond donors (Lipinski definition) is 1. The number of nitrogens with zero attached hydrogens (tertiary/aromatic N) is 2. The van der Waals surface area contributed by atoms with E-state index in [1.54, 1.807) is 17.7 Å². The van der Waals surface area contributed by atoms with Gasteiger partial charge in [-0.15, -0.1) is 11.3 Å². The van der Waals surface area contributed by atoms with Crippen molar-refractivity contribution in [3.63, 3.8) is 0 Å². The fraction of sp³-hybridized carbons (Fsp3) is 0.235. The summed E-state index contributed by atoms with van der Waals surface area (Å²) in [4.78, 5) is 20.8. The SMILES string of the molecule is CC(Sc1ncnc2ccsc12)C(=O)NCCc1ccccc1. The fourth-order valence-electron chi connectivity index (χ4n) is 2.19. The molecule has 1 amide bonds. The highest BCUT2D eigenvalue weighted by Gasteiger charge is 2.17. The summed E-state index contributed by atoms with van der Waals surface area (Å²) in [5, 5.41) is 5.67. The highest BCUT2D eigenvalue weighted by molar-refractivity contribution is 8.00. The minimum atomic E-state index is -0.189. The number of aromatic nitrogens is 2. The molecule has 1 atom stereocenters. The zero-order valence-electron chi connectivity index (χ0n) is 12.7. The lowest BCUT2D eigenvalue weighted by molar-refractivity contribution is -0.120. The lowest BCUT2D eigenvalue weighted by atomic mass is 10.1. The Hall–Kier alpha value is -1.92. The molecule has 23 heavy (non-hydrogen) atoms. The third kappa shape index (κ3) is 4.09. The number of hydrogen-bond acceptors (Lipinski definition) is 5. The van der Waals surface area contributed by atoms with Crippen molar-refractivity contribution in [1.29, 1.82) is 0 Å². The Morgan fingerprint density at radius 3 is 2.91 bits per heavy atom. The van der Waals surface area contributed by atoms with Gasteiger partial charge in [-0.1, -0.05) is 42.1 Å². The molecule has 0 spiro atoms. The molecule has 1 unspecified atom stereocenters. The summed E-state index contributed by atoms with van der Waals surface area (Å²) in [5.74, 6) is 0.0363. The van der Waals surface area contributed by atoms with Crippen molar-refractivity contribution in [2.24, 2.45) is 0 Å². The molecule has 3 rings (SSSR count). The summed E-state index contributed by atoms with van der Waals surface area (Å²) in [6.07, 6.45) is 2.39. The second kappa shape index (κ2) is 7.57. The topological polar surface area (TPSA) is 54.9 Å². The van der Waals surface area contributed by atoms with Gasteiger partial charge in [-0.2, -0.15) is 0 Å². The monoisotopic (exact) mass is 343 g/mol. The molecule has 0 aliphatic carbocycles. The van der Waals surface area contributed by atoms with Crippen LogP contribution in [0.2, 0.25) is 0 Å². The van der Waals surface area contributed by atoms with E-state index in [9.17, 15) is 4.79 Å². The molecular weight excluding hydrogens is 326 g/mol. The number of thioether (sulfide) groups is 1. The number of rotatable bonds is 6. The van der Waals surface area contributed by atoms with Crippen molar-refractivity contribution in [2.75, 3.05) is 6.54 Å². The van der Waals surface area contributed by atoms with Gasteiger partial charge in [0, 0.05) is 6.54 Å². The van der Waals surface area contributed by atoms with Gasteiger partial charge >= 0.3 is 0 Å². The van der Waals surface area contributed by atoms with E-state index in [0.717, 1.165) is 21.7 Å². The molecule has 0 fully saturated rings. The first-order chi connectivity index (χ1) is 11.2. The maximum Gasteiger partial charge on any atom is 0.233 e. The van der Waals surface area contributed by atoms with Crippen molar-refractivity contribution < 1.29 is 4.79 Å². The van der Waals surface area contributed by atoms with Crippen LogP contribution in [-0.2, 0) is 11.2 Å². The normalized spacial score (nSPS) is 12.2. The van der Waals surface area contributed by atoms with E-state index in [4.69, 9.17) is 0 Å². The van der Waals surface area contributed by atoms with Gasteiger partial charge in [-0.05, 0) is 30.4 Å². The summed E-state index contributed by atoms with van der Waals surface area (Å²) < 4.78 is 1.04. The zero-order valence-corrected chi connectivity index (χ0v) is 14.4. The van der Waals surface area contributed by atoms with E-state index in [2.05, 4.69) is 27.4 Å².